The summed E-state index contributed by atoms with van der Waals surface area (Å²) in [5.41, 5.74) is 0. The van der Waals surface area contributed by atoms with E-state index in [2.05, 4.69) is 16.0 Å². The molecule has 13 heteroatoms. The second-order valence-electron chi connectivity index (χ2n) is 12.2. The summed E-state index contributed by atoms with van der Waals surface area (Å²) < 4.78 is 81.0. The molecular formula is C25H41F6N7. The predicted molar refractivity (Wildman–Crippen MR) is 131 cm³/mol. The molecule has 218 valence electrons. The van der Waals surface area contributed by atoms with Crippen molar-refractivity contribution in [3.05, 3.63) is 0 Å². The first-order valence-electron chi connectivity index (χ1n) is 14.0. The number of fused-ring (bicyclic) bond motifs is 1. The van der Waals surface area contributed by atoms with Gasteiger partial charge < -0.3 is 9.80 Å². The fraction of sp³-hybridized carbons (Fsp3) is 0.960. The SMILES string of the molecule is CN1CC(C(F)(F)F)NC1C1CCC(CN2C(=N)N(C)C3CNC(C4CCCCC4C(F)(F)F)NC32)CC1. The van der Waals surface area contributed by atoms with Crippen LogP contribution in [0.5, 0.6) is 0 Å². The summed E-state index contributed by atoms with van der Waals surface area (Å²) in [4.78, 5) is 5.68. The normalized spacial score (nSPS) is 41.6. The molecule has 7 nitrogen and oxygen atoms in total. The number of halogens is 6. The zero-order valence-electron chi connectivity index (χ0n) is 22.1. The lowest BCUT2D eigenvalue weighted by atomic mass is 9.76. The largest absolute Gasteiger partial charge is 0.405 e. The van der Waals surface area contributed by atoms with E-state index in [4.69, 9.17) is 5.41 Å². The van der Waals surface area contributed by atoms with Crippen LogP contribution < -0.4 is 16.0 Å². The van der Waals surface area contributed by atoms with Crippen molar-refractivity contribution in [3.63, 3.8) is 0 Å². The molecule has 3 heterocycles. The summed E-state index contributed by atoms with van der Waals surface area (Å²) in [5.74, 6) is -1.04. The van der Waals surface area contributed by atoms with E-state index in [0.29, 0.717) is 31.9 Å². The van der Waals surface area contributed by atoms with Gasteiger partial charge in [0.2, 0.25) is 0 Å². The lowest BCUT2D eigenvalue weighted by molar-refractivity contribution is -0.201. The molecule has 38 heavy (non-hydrogen) atoms. The van der Waals surface area contributed by atoms with Crippen LogP contribution in [0.4, 0.5) is 26.3 Å². The summed E-state index contributed by atoms with van der Waals surface area (Å²) in [5, 5.41) is 18.3. The third-order valence-corrected chi connectivity index (χ3v) is 9.87. The van der Waals surface area contributed by atoms with Crippen LogP contribution in [0.25, 0.3) is 0 Å². The maximum absolute atomic E-state index is 13.8. The highest BCUT2D eigenvalue weighted by molar-refractivity contribution is 5.80. The molecule has 0 amide bonds. The third-order valence-electron chi connectivity index (χ3n) is 9.87. The van der Waals surface area contributed by atoms with E-state index in [0.717, 1.165) is 32.1 Å². The molecule has 3 saturated heterocycles. The minimum absolute atomic E-state index is 0.0362. The van der Waals surface area contributed by atoms with Gasteiger partial charge in [-0.1, -0.05) is 12.8 Å². The Morgan fingerprint density at radius 2 is 1.55 bits per heavy atom. The van der Waals surface area contributed by atoms with Gasteiger partial charge in [-0.15, -0.1) is 0 Å². The van der Waals surface area contributed by atoms with Crippen LogP contribution in [0.15, 0.2) is 0 Å². The van der Waals surface area contributed by atoms with Gasteiger partial charge in [0.1, 0.15) is 12.2 Å². The zero-order chi connectivity index (χ0) is 27.4. The first-order chi connectivity index (χ1) is 17.8. The van der Waals surface area contributed by atoms with Gasteiger partial charge in [0, 0.05) is 26.7 Å². The van der Waals surface area contributed by atoms with Gasteiger partial charge in [-0.2, -0.15) is 26.3 Å². The highest BCUT2D eigenvalue weighted by Crippen LogP contribution is 2.43. The van der Waals surface area contributed by atoms with Crippen LogP contribution in [-0.4, -0.2) is 97.3 Å². The first-order valence-corrected chi connectivity index (χ1v) is 14.0. The smallest absolute Gasteiger partial charge is 0.338 e. The molecule has 4 N–H and O–H groups in total. The number of rotatable bonds is 4. The van der Waals surface area contributed by atoms with Gasteiger partial charge in [0.15, 0.2) is 5.96 Å². The van der Waals surface area contributed by atoms with E-state index in [1.807, 2.05) is 16.8 Å². The van der Waals surface area contributed by atoms with Crippen molar-refractivity contribution in [2.45, 2.75) is 94.3 Å². The number of hydrogen-bond acceptors (Lipinski definition) is 5. The summed E-state index contributed by atoms with van der Waals surface area (Å²) in [6.07, 6.45) is -4.00. The molecule has 7 atom stereocenters. The van der Waals surface area contributed by atoms with Gasteiger partial charge in [0.05, 0.1) is 24.3 Å². The maximum atomic E-state index is 13.8. The van der Waals surface area contributed by atoms with Gasteiger partial charge in [-0.25, -0.2) is 0 Å². The van der Waals surface area contributed by atoms with Crippen LogP contribution in [0.3, 0.4) is 0 Å². The second-order valence-corrected chi connectivity index (χ2v) is 12.2. The van der Waals surface area contributed by atoms with Crippen LogP contribution in [0, 0.1) is 29.1 Å². The number of alkyl halides is 6. The molecule has 0 aromatic carbocycles. The van der Waals surface area contributed by atoms with Gasteiger partial charge in [-0.05, 0) is 63.3 Å². The van der Waals surface area contributed by atoms with Gasteiger partial charge in [-0.3, -0.25) is 26.3 Å². The molecule has 0 spiro atoms. The second kappa shape index (κ2) is 10.6. The van der Waals surface area contributed by atoms with Crippen LogP contribution in [-0.2, 0) is 0 Å². The van der Waals surface area contributed by atoms with Crippen LogP contribution >= 0.6 is 0 Å². The lowest BCUT2D eigenvalue weighted by Gasteiger charge is -2.45. The van der Waals surface area contributed by atoms with Gasteiger partial charge in [0.25, 0.3) is 0 Å². The topological polar surface area (TPSA) is 69.7 Å². The Kier molecular flexibility index (Phi) is 7.86. The Hall–Kier alpha value is -1.31. The fourth-order valence-corrected chi connectivity index (χ4v) is 7.74. The average molecular weight is 554 g/mol. The van der Waals surface area contributed by atoms with Crippen LogP contribution in [0.1, 0.15) is 51.4 Å². The summed E-state index contributed by atoms with van der Waals surface area (Å²) in [7, 11) is 3.60. The predicted octanol–water partition coefficient (Wildman–Crippen LogP) is 3.35. The number of guanidine groups is 1. The highest BCUT2D eigenvalue weighted by Gasteiger charge is 2.53. The van der Waals surface area contributed by atoms with Crippen molar-refractivity contribution in [1.29, 1.82) is 5.41 Å². The van der Waals surface area contributed by atoms with Crippen molar-refractivity contribution < 1.29 is 26.3 Å². The summed E-state index contributed by atoms with van der Waals surface area (Å²) in [6.45, 7) is 1.11. The van der Waals surface area contributed by atoms with E-state index < -0.39 is 36.4 Å². The van der Waals surface area contributed by atoms with Crippen LogP contribution in [0.2, 0.25) is 0 Å². The number of nitrogens with one attached hydrogen (secondary N) is 4. The summed E-state index contributed by atoms with van der Waals surface area (Å²) >= 11 is 0. The molecule has 7 unspecified atom stereocenters. The quantitative estimate of drug-likeness (QED) is 0.401. The molecule has 5 aliphatic rings. The van der Waals surface area contributed by atoms with Crippen molar-refractivity contribution in [3.8, 4) is 0 Å². The molecule has 5 rings (SSSR count). The van der Waals surface area contributed by atoms with Gasteiger partial charge >= 0.3 is 12.4 Å². The Morgan fingerprint density at radius 1 is 0.868 bits per heavy atom. The van der Waals surface area contributed by atoms with Crippen molar-refractivity contribution in [1.82, 2.24) is 30.7 Å². The number of likely N-dealkylation sites (N-methyl/N-ethyl adjacent to an activating group) is 2. The van der Waals surface area contributed by atoms with E-state index in [9.17, 15) is 26.3 Å². The molecule has 0 radical (unpaired) electrons. The minimum Gasteiger partial charge on any atom is -0.338 e. The molecule has 3 aliphatic heterocycles. The molecule has 2 aliphatic carbocycles. The standard InChI is InChI=1S/C25H41F6N7/c1-36-13-19(25(29,30)31)34-21(36)15-9-7-14(8-10-15)12-38-22-18(37(2)23(38)32)11-33-20(35-22)16-5-3-4-6-17(16)24(26,27)28/h14-22,32-35H,3-13H2,1-2H3. The average Bonchev–Trinajstić information content (AvgIpc) is 3.37. The van der Waals surface area contributed by atoms with E-state index in [1.165, 1.54) is 0 Å². The molecule has 0 aromatic rings. The number of nitrogens with zero attached hydrogens (tertiary/aromatic N) is 3. The summed E-state index contributed by atoms with van der Waals surface area (Å²) in [6, 6.07) is -1.54. The number of hydrogen-bond donors (Lipinski definition) is 4. The molecule has 0 aromatic heterocycles. The Morgan fingerprint density at radius 3 is 2.18 bits per heavy atom. The fourth-order valence-electron chi connectivity index (χ4n) is 7.74. The lowest BCUT2D eigenvalue weighted by Crippen LogP contribution is -2.68. The highest BCUT2D eigenvalue weighted by atomic mass is 19.4. The minimum atomic E-state index is -4.25. The zero-order valence-corrected chi connectivity index (χ0v) is 22.1. The monoisotopic (exact) mass is 553 g/mol. The van der Waals surface area contributed by atoms with Crippen molar-refractivity contribution in [2.24, 2.45) is 23.7 Å². The Labute approximate surface area is 220 Å². The maximum Gasteiger partial charge on any atom is 0.405 e. The first kappa shape index (κ1) is 28.2. The van der Waals surface area contributed by atoms with Crippen molar-refractivity contribution in [2.75, 3.05) is 33.7 Å². The van der Waals surface area contributed by atoms with E-state index >= 15 is 0 Å². The Balaban J connectivity index is 1.20. The Bertz CT molecular complexity index is 845. The molecular weight excluding hydrogens is 512 g/mol. The van der Waals surface area contributed by atoms with Crippen molar-refractivity contribution >= 4 is 5.96 Å². The molecule has 5 fully saturated rings. The van der Waals surface area contributed by atoms with E-state index in [-0.39, 0.29) is 43.2 Å². The third kappa shape index (κ3) is 5.49. The van der Waals surface area contributed by atoms with E-state index in [1.54, 1.807) is 11.9 Å². The molecule has 2 saturated carbocycles. The molecule has 0 bridgehead atoms.